The number of nitrogens with one attached hydrogen (secondary N) is 1. The molecular formula is C19H22N4O3. The zero-order chi connectivity index (χ0) is 18.5. The zero-order valence-electron chi connectivity index (χ0n) is 14.8. The van der Waals surface area contributed by atoms with E-state index in [9.17, 15) is 4.79 Å². The molecule has 2 aliphatic rings. The molecule has 2 fully saturated rings. The molecule has 0 radical (unpaired) electrons. The van der Waals surface area contributed by atoms with E-state index in [0.717, 1.165) is 25.7 Å². The van der Waals surface area contributed by atoms with Crippen LogP contribution in [0.25, 0.3) is 0 Å². The molecule has 2 heterocycles. The predicted molar refractivity (Wildman–Crippen MR) is 93.5 cm³/mol. The summed E-state index contributed by atoms with van der Waals surface area (Å²) in [5.74, 6) is 1.11. The topological polar surface area (TPSA) is 98.4 Å². The third kappa shape index (κ3) is 3.74. The van der Waals surface area contributed by atoms with E-state index in [-0.39, 0.29) is 24.0 Å². The summed E-state index contributed by atoms with van der Waals surface area (Å²) < 4.78 is 11.1. The van der Waals surface area contributed by atoms with Crippen molar-refractivity contribution in [2.45, 2.75) is 43.8 Å². The van der Waals surface area contributed by atoms with Gasteiger partial charge in [0.15, 0.2) is 11.5 Å². The van der Waals surface area contributed by atoms with Crippen molar-refractivity contribution in [2.75, 3.05) is 20.3 Å². The minimum Gasteiger partial charge on any atom is -0.493 e. The Balaban J connectivity index is 1.55. The number of methoxy groups -OCH3 is 1. The Morgan fingerprint density at radius 2 is 2.15 bits per heavy atom. The molecule has 0 unspecified atom stereocenters. The summed E-state index contributed by atoms with van der Waals surface area (Å²) in [6.07, 6.45) is 3.23. The van der Waals surface area contributed by atoms with E-state index < -0.39 is 0 Å². The van der Waals surface area contributed by atoms with Crippen LogP contribution in [-0.2, 0) is 4.79 Å². The first-order valence-corrected chi connectivity index (χ1v) is 8.83. The third-order valence-corrected chi connectivity index (χ3v) is 4.96. The lowest BCUT2D eigenvalue weighted by atomic mass is 10.1. The summed E-state index contributed by atoms with van der Waals surface area (Å²) in [6.45, 7) is 1.08. The molecule has 1 amide bonds. The van der Waals surface area contributed by atoms with Gasteiger partial charge in [-0.3, -0.25) is 10.1 Å². The summed E-state index contributed by atoms with van der Waals surface area (Å²) in [5, 5.41) is 21.4. The third-order valence-electron chi connectivity index (χ3n) is 4.96. The van der Waals surface area contributed by atoms with Gasteiger partial charge in [0, 0.05) is 18.7 Å². The Labute approximate surface area is 153 Å². The van der Waals surface area contributed by atoms with Crippen LogP contribution in [0.1, 0.15) is 31.2 Å². The quantitative estimate of drug-likeness (QED) is 0.862. The molecule has 1 aromatic rings. The standard InChI is InChI=1S/C19H22N4O3/c1-25-18-9-13(10-20)4-7-17(18)26-12-14-5-6-16(22-14)19(24)23-8-2-3-15(23)11-21/h4,7,9,14-16,22H,2-3,5-6,8,12H2,1H3/t14-,15+,16-/m1/s1. The van der Waals surface area contributed by atoms with Crippen molar-refractivity contribution in [3.8, 4) is 23.6 Å². The Kier molecular flexibility index (Phi) is 5.60. The van der Waals surface area contributed by atoms with Crippen molar-refractivity contribution in [1.82, 2.24) is 10.2 Å². The number of likely N-dealkylation sites (tertiary alicyclic amines) is 1. The van der Waals surface area contributed by atoms with Gasteiger partial charge >= 0.3 is 0 Å². The second-order valence-corrected chi connectivity index (χ2v) is 6.60. The molecule has 7 heteroatoms. The average molecular weight is 354 g/mol. The van der Waals surface area contributed by atoms with E-state index in [2.05, 4.69) is 17.5 Å². The molecule has 136 valence electrons. The van der Waals surface area contributed by atoms with Gasteiger partial charge in [-0.1, -0.05) is 0 Å². The van der Waals surface area contributed by atoms with E-state index in [0.29, 0.717) is 30.2 Å². The largest absolute Gasteiger partial charge is 0.493 e. The van der Waals surface area contributed by atoms with Crippen molar-refractivity contribution >= 4 is 5.91 Å². The van der Waals surface area contributed by atoms with E-state index in [1.165, 1.54) is 7.11 Å². The van der Waals surface area contributed by atoms with Crippen molar-refractivity contribution in [3.63, 3.8) is 0 Å². The molecule has 3 rings (SSSR count). The Bertz CT molecular complexity index is 752. The Morgan fingerprint density at radius 3 is 2.88 bits per heavy atom. The number of benzene rings is 1. The highest BCUT2D eigenvalue weighted by Gasteiger charge is 2.37. The van der Waals surface area contributed by atoms with Crippen LogP contribution in [0.15, 0.2) is 18.2 Å². The smallest absolute Gasteiger partial charge is 0.240 e. The lowest BCUT2D eigenvalue weighted by molar-refractivity contribution is -0.133. The molecule has 2 saturated heterocycles. The number of nitriles is 2. The van der Waals surface area contributed by atoms with Crippen LogP contribution in [0.4, 0.5) is 0 Å². The highest BCUT2D eigenvalue weighted by molar-refractivity contribution is 5.83. The number of rotatable bonds is 5. The van der Waals surface area contributed by atoms with Crippen LogP contribution in [-0.4, -0.2) is 49.2 Å². The van der Waals surface area contributed by atoms with Crippen molar-refractivity contribution in [1.29, 1.82) is 10.5 Å². The lowest BCUT2D eigenvalue weighted by Crippen LogP contribution is -2.47. The minimum atomic E-state index is -0.289. The molecule has 0 bridgehead atoms. The van der Waals surface area contributed by atoms with Gasteiger partial charge < -0.3 is 14.4 Å². The number of carbonyl (C=O) groups is 1. The zero-order valence-corrected chi connectivity index (χ0v) is 14.8. The van der Waals surface area contributed by atoms with Gasteiger partial charge in [0.1, 0.15) is 12.6 Å². The first-order chi connectivity index (χ1) is 12.7. The minimum absolute atomic E-state index is 0.0208. The fourth-order valence-corrected chi connectivity index (χ4v) is 3.56. The molecule has 0 aliphatic carbocycles. The number of hydrogen-bond donors (Lipinski definition) is 1. The van der Waals surface area contributed by atoms with Gasteiger partial charge in [0.2, 0.25) is 5.91 Å². The van der Waals surface area contributed by atoms with Gasteiger partial charge in [-0.05, 0) is 37.8 Å². The SMILES string of the molecule is COc1cc(C#N)ccc1OC[C@H]1CC[C@H](C(=O)N2CCC[C@H]2C#N)N1. The fraction of sp³-hybridized carbons (Fsp3) is 0.526. The highest BCUT2D eigenvalue weighted by atomic mass is 16.5. The molecule has 2 aliphatic heterocycles. The Hall–Kier alpha value is -2.77. The predicted octanol–water partition coefficient (Wildman–Crippen LogP) is 1.58. The molecule has 26 heavy (non-hydrogen) atoms. The van der Waals surface area contributed by atoms with Crippen LogP contribution in [0, 0.1) is 22.7 Å². The maximum atomic E-state index is 12.6. The van der Waals surface area contributed by atoms with Gasteiger partial charge in [-0.25, -0.2) is 0 Å². The van der Waals surface area contributed by atoms with Gasteiger partial charge in [-0.2, -0.15) is 10.5 Å². The summed E-state index contributed by atoms with van der Waals surface area (Å²) in [5.41, 5.74) is 0.511. The molecule has 0 aromatic heterocycles. The van der Waals surface area contributed by atoms with Crippen LogP contribution in [0.3, 0.4) is 0 Å². The molecule has 3 atom stereocenters. The molecule has 7 nitrogen and oxygen atoms in total. The number of hydrogen-bond acceptors (Lipinski definition) is 6. The van der Waals surface area contributed by atoms with E-state index in [4.69, 9.17) is 20.0 Å². The van der Waals surface area contributed by atoms with E-state index in [1.807, 2.05) is 0 Å². The van der Waals surface area contributed by atoms with E-state index >= 15 is 0 Å². The molecular weight excluding hydrogens is 332 g/mol. The van der Waals surface area contributed by atoms with Crippen LogP contribution >= 0.6 is 0 Å². The van der Waals surface area contributed by atoms with Crippen LogP contribution in [0.5, 0.6) is 11.5 Å². The van der Waals surface area contributed by atoms with Gasteiger partial charge in [0.25, 0.3) is 0 Å². The average Bonchev–Trinajstić information content (AvgIpc) is 3.34. The van der Waals surface area contributed by atoms with Crippen LogP contribution < -0.4 is 14.8 Å². The second-order valence-electron chi connectivity index (χ2n) is 6.60. The van der Waals surface area contributed by atoms with Gasteiger partial charge in [0.05, 0.1) is 30.9 Å². The number of carbonyl (C=O) groups excluding carboxylic acids is 1. The summed E-state index contributed by atoms with van der Waals surface area (Å²) in [6, 6.07) is 8.84. The normalized spacial score (nSPS) is 24.7. The van der Waals surface area contributed by atoms with E-state index in [1.54, 1.807) is 23.1 Å². The monoisotopic (exact) mass is 354 g/mol. The number of nitrogens with zero attached hydrogens (tertiary/aromatic N) is 3. The van der Waals surface area contributed by atoms with Crippen molar-refractivity contribution < 1.29 is 14.3 Å². The fourth-order valence-electron chi connectivity index (χ4n) is 3.56. The number of ether oxygens (including phenoxy) is 2. The number of amides is 1. The highest BCUT2D eigenvalue weighted by Crippen LogP contribution is 2.29. The van der Waals surface area contributed by atoms with Crippen molar-refractivity contribution in [2.24, 2.45) is 0 Å². The molecule has 0 spiro atoms. The summed E-state index contributed by atoms with van der Waals surface area (Å²) >= 11 is 0. The summed E-state index contributed by atoms with van der Waals surface area (Å²) in [7, 11) is 1.54. The lowest BCUT2D eigenvalue weighted by Gasteiger charge is -2.24. The first-order valence-electron chi connectivity index (χ1n) is 8.83. The van der Waals surface area contributed by atoms with Crippen LogP contribution in [0.2, 0.25) is 0 Å². The molecule has 0 saturated carbocycles. The molecule has 1 aromatic carbocycles. The first kappa shape index (κ1) is 18.0. The summed E-state index contributed by atoms with van der Waals surface area (Å²) in [4.78, 5) is 14.3. The molecule has 1 N–H and O–H groups in total. The van der Waals surface area contributed by atoms with Gasteiger partial charge in [-0.15, -0.1) is 0 Å². The van der Waals surface area contributed by atoms with Crippen molar-refractivity contribution in [3.05, 3.63) is 23.8 Å². The second kappa shape index (κ2) is 8.07. The maximum Gasteiger partial charge on any atom is 0.240 e. The Morgan fingerprint density at radius 1 is 1.31 bits per heavy atom. The maximum absolute atomic E-state index is 12.6.